The van der Waals surface area contributed by atoms with Crippen LogP contribution in [-0.4, -0.2) is 21.3 Å². The summed E-state index contributed by atoms with van der Waals surface area (Å²) in [6, 6.07) is 25.0. The molecule has 1 aromatic heterocycles. The third kappa shape index (κ3) is 3.82. The molecule has 1 heterocycles. The van der Waals surface area contributed by atoms with E-state index in [4.69, 9.17) is 0 Å². The Hall–Kier alpha value is -3.86. The fourth-order valence-corrected chi connectivity index (χ4v) is 3.68. The van der Waals surface area contributed by atoms with Crippen LogP contribution >= 0.6 is 0 Å². The maximum absolute atomic E-state index is 12.7. The van der Waals surface area contributed by atoms with E-state index < -0.39 is 0 Å². The fraction of sp³-hybridized carbons (Fsp3) is 0.120. The van der Waals surface area contributed by atoms with Crippen molar-refractivity contribution >= 4 is 22.5 Å². The topological polar surface area (TPSA) is 66.6 Å². The first-order valence-corrected chi connectivity index (χ1v) is 9.81. The number of nitrogens with one attached hydrogen (secondary N) is 1. The van der Waals surface area contributed by atoms with Crippen LogP contribution in [-0.2, 0) is 11.2 Å². The Kier molecular flexibility index (Phi) is 5.35. The van der Waals surface area contributed by atoms with Gasteiger partial charge in [-0.3, -0.25) is 4.79 Å². The van der Waals surface area contributed by atoms with E-state index in [9.17, 15) is 9.90 Å². The highest BCUT2D eigenvalue weighted by molar-refractivity contribution is 5.99. The zero-order valence-corrected chi connectivity index (χ0v) is 17.0. The van der Waals surface area contributed by atoms with Gasteiger partial charge in [-0.05, 0) is 67.4 Å². The smallest absolute Gasteiger partial charge is 0.244 e. The predicted octanol–water partition coefficient (Wildman–Crippen LogP) is 4.73. The standard InChI is InChI=1S/C25H23N3O2/c1-17(19-12-14-21(29)15-13-19)26-27-25(30)16-23-18(2)28(20-8-4-3-5-9-20)24-11-7-6-10-22(23)24/h3-15,29H,16H2,1-2H3,(H,27,30)/b26-17+. The van der Waals surface area contributed by atoms with E-state index in [0.717, 1.165) is 33.4 Å². The molecule has 0 aliphatic rings. The first kappa shape index (κ1) is 19.5. The zero-order chi connectivity index (χ0) is 21.1. The van der Waals surface area contributed by atoms with Gasteiger partial charge < -0.3 is 9.67 Å². The van der Waals surface area contributed by atoms with Crippen LogP contribution in [0.25, 0.3) is 16.6 Å². The van der Waals surface area contributed by atoms with E-state index in [1.165, 1.54) is 0 Å². The van der Waals surface area contributed by atoms with Gasteiger partial charge in [-0.25, -0.2) is 5.43 Å². The Morgan fingerprint density at radius 3 is 2.37 bits per heavy atom. The first-order chi connectivity index (χ1) is 14.5. The summed E-state index contributed by atoms with van der Waals surface area (Å²) < 4.78 is 2.18. The predicted molar refractivity (Wildman–Crippen MR) is 120 cm³/mol. The highest BCUT2D eigenvalue weighted by Gasteiger charge is 2.17. The summed E-state index contributed by atoms with van der Waals surface area (Å²) in [7, 11) is 0. The van der Waals surface area contributed by atoms with Crippen LogP contribution in [0.2, 0.25) is 0 Å². The number of phenolic OH excluding ortho intramolecular Hbond substituents is 1. The fourth-order valence-electron chi connectivity index (χ4n) is 3.68. The molecule has 0 atom stereocenters. The van der Waals surface area contributed by atoms with Crippen molar-refractivity contribution < 1.29 is 9.90 Å². The van der Waals surface area contributed by atoms with Crippen molar-refractivity contribution in [1.82, 2.24) is 9.99 Å². The van der Waals surface area contributed by atoms with Crippen molar-refractivity contribution in [3.63, 3.8) is 0 Å². The average molecular weight is 397 g/mol. The second-order valence-electron chi connectivity index (χ2n) is 7.21. The number of carbonyl (C=O) groups excluding carboxylic acids is 1. The minimum atomic E-state index is -0.174. The van der Waals surface area contributed by atoms with Gasteiger partial charge in [-0.1, -0.05) is 36.4 Å². The van der Waals surface area contributed by atoms with Crippen LogP contribution < -0.4 is 5.43 Å². The normalized spacial score (nSPS) is 11.6. The van der Waals surface area contributed by atoms with Crippen LogP contribution in [0.5, 0.6) is 5.75 Å². The monoisotopic (exact) mass is 397 g/mol. The van der Waals surface area contributed by atoms with Gasteiger partial charge in [-0.15, -0.1) is 0 Å². The molecule has 1 amide bonds. The zero-order valence-electron chi connectivity index (χ0n) is 17.0. The molecule has 5 heteroatoms. The van der Waals surface area contributed by atoms with Gasteiger partial charge in [0.15, 0.2) is 0 Å². The van der Waals surface area contributed by atoms with E-state index in [1.807, 2.05) is 44.2 Å². The number of carbonyl (C=O) groups is 1. The molecule has 0 spiro atoms. The summed E-state index contributed by atoms with van der Waals surface area (Å²) >= 11 is 0. The van der Waals surface area contributed by atoms with Crippen molar-refractivity contribution in [3.05, 3.63) is 95.7 Å². The second-order valence-corrected chi connectivity index (χ2v) is 7.21. The van der Waals surface area contributed by atoms with E-state index in [-0.39, 0.29) is 18.1 Å². The van der Waals surface area contributed by atoms with Gasteiger partial charge >= 0.3 is 0 Å². The first-order valence-electron chi connectivity index (χ1n) is 9.81. The molecule has 150 valence electrons. The molecule has 4 rings (SSSR count). The molecule has 0 aliphatic heterocycles. The molecule has 0 aliphatic carbocycles. The van der Waals surface area contributed by atoms with Gasteiger partial charge in [-0.2, -0.15) is 5.10 Å². The summed E-state index contributed by atoms with van der Waals surface area (Å²) in [6.07, 6.45) is 0.235. The summed E-state index contributed by atoms with van der Waals surface area (Å²) in [5, 5.41) is 14.7. The van der Waals surface area contributed by atoms with Gasteiger partial charge in [0.1, 0.15) is 5.75 Å². The van der Waals surface area contributed by atoms with Crippen LogP contribution in [0.4, 0.5) is 0 Å². The maximum Gasteiger partial charge on any atom is 0.244 e. The van der Waals surface area contributed by atoms with Crippen LogP contribution in [0, 0.1) is 6.92 Å². The molecule has 0 unspecified atom stereocenters. The molecule has 3 aromatic carbocycles. The van der Waals surface area contributed by atoms with Gasteiger partial charge in [0.05, 0.1) is 17.6 Å². The Labute approximate surface area is 175 Å². The lowest BCUT2D eigenvalue weighted by atomic mass is 10.1. The van der Waals surface area contributed by atoms with E-state index in [0.29, 0.717) is 5.71 Å². The number of phenols is 1. The largest absolute Gasteiger partial charge is 0.508 e. The molecule has 0 radical (unpaired) electrons. The lowest BCUT2D eigenvalue weighted by molar-refractivity contribution is -0.120. The van der Waals surface area contributed by atoms with Gasteiger partial charge in [0.25, 0.3) is 0 Å². The highest BCUT2D eigenvalue weighted by Crippen LogP contribution is 2.29. The van der Waals surface area contributed by atoms with Crippen LogP contribution in [0.1, 0.15) is 23.7 Å². The summed E-state index contributed by atoms with van der Waals surface area (Å²) in [4.78, 5) is 12.7. The third-order valence-electron chi connectivity index (χ3n) is 5.23. The number of amides is 1. The molecular weight excluding hydrogens is 374 g/mol. The number of hydrazone groups is 1. The van der Waals surface area contributed by atoms with E-state index >= 15 is 0 Å². The number of hydrogen-bond donors (Lipinski definition) is 2. The summed E-state index contributed by atoms with van der Waals surface area (Å²) in [5.74, 6) is 0.0214. The molecule has 30 heavy (non-hydrogen) atoms. The van der Waals surface area contributed by atoms with Gasteiger partial charge in [0.2, 0.25) is 5.91 Å². The van der Waals surface area contributed by atoms with E-state index in [1.54, 1.807) is 24.3 Å². The molecule has 0 bridgehead atoms. The number of aromatic hydroxyl groups is 1. The third-order valence-corrected chi connectivity index (χ3v) is 5.23. The Morgan fingerprint density at radius 2 is 1.63 bits per heavy atom. The minimum absolute atomic E-state index is 0.174. The number of fused-ring (bicyclic) bond motifs is 1. The SMILES string of the molecule is C/C(=N\NC(=O)Cc1c(C)n(-c2ccccc2)c2ccccc12)c1ccc(O)cc1. The van der Waals surface area contributed by atoms with Crippen molar-refractivity contribution in [2.75, 3.05) is 0 Å². The van der Waals surface area contributed by atoms with E-state index in [2.05, 4.69) is 39.4 Å². The summed E-state index contributed by atoms with van der Waals surface area (Å²) in [5.41, 5.74) is 8.35. The maximum atomic E-state index is 12.7. The molecule has 0 fully saturated rings. The molecule has 0 saturated heterocycles. The van der Waals surface area contributed by atoms with Gasteiger partial charge in [0, 0.05) is 16.8 Å². The second kappa shape index (κ2) is 8.25. The summed E-state index contributed by atoms with van der Waals surface area (Å²) in [6.45, 7) is 3.86. The van der Waals surface area contributed by atoms with Crippen molar-refractivity contribution in [1.29, 1.82) is 0 Å². The molecule has 2 N–H and O–H groups in total. The van der Waals surface area contributed by atoms with Crippen LogP contribution in [0.15, 0.2) is 84.0 Å². The number of rotatable bonds is 5. The number of aromatic nitrogens is 1. The number of hydrogen-bond acceptors (Lipinski definition) is 3. The Balaban J connectivity index is 1.61. The van der Waals surface area contributed by atoms with Crippen molar-refractivity contribution in [2.24, 2.45) is 5.10 Å². The molecule has 5 nitrogen and oxygen atoms in total. The van der Waals surface area contributed by atoms with Crippen molar-refractivity contribution in [2.45, 2.75) is 20.3 Å². The number of para-hydroxylation sites is 2. The molecule has 4 aromatic rings. The Bertz CT molecular complexity index is 1220. The van der Waals surface area contributed by atoms with Crippen LogP contribution in [0.3, 0.4) is 0 Å². The average Bonchev–Trinajstić information content (AvgIpc) is 3.04. The lowest BCUT2D eigenvalue weighted by Gasteiger charge is -2.08. The highest BCUT2D eigenvalue weighted by atomic mass is 16.3. The number of benzene rings is 3. The number of nitrogens with zero attached hydrogens (tertiary/aromatic N) is 2. The quantitative estimate of drug-likeness (QED) is 0.378. The van der Waals surface area contributed by atoms with Crippen molar-refractivity contribution in [3.8, 4) is 11.4 Å². The molecule has 0 saturated carbocycles. The minimum Gasteiger partial charge on any atom is -0.508 e. The molecular formula is C25H23N3O2. The lowest BCUT2D eigenvalue weighted by Crippen LogP contribution is -2.21. The Morgan fingerprint density at radius 1 is 0.967 bits per heavy atom.